The molecule has 1 aliphatic heterocycles. The van der Waals surface area contributed by atoms with Gasteiger partial charge < -0.3 is 20.5 Å². The van der Waals surface area contributed by atoms with Crippen LogP contribution in [-0.4, -0.2) is 38.8 Å². The van der Waals surface area contributed by atoms with E-state index in [4.69, 9.17) is 15.2 Å². The molecule has 5 nitrogen and oxygen atoms in total. The zero-order valence-electron chi connectivity index (χ0n) is 12.0. The zero-order chi connectivity index (χ0) is 14.6. The minimum absolute atomic E-state index is 0.0367. The number of carbonyl (C=O) groups is 1. The molecular weight excluding hydrogens is 256 g/mol. The van der Waals surface area contributed by atoms with Crippen LogP contribution >= 0.6 is 0 Å². The van der Waals surface area contributed by atoms with Crippen LogP contribution in [0.5, 0.6) is 5.75 Å². The van der Waals surface area contributed by atoms with Crippen LogP contribution < -0.4 is 15.8 Å². The van der Waals surface area contributed by atoms with Gasteiger partial charge in [-0.05, 0) is 31.0 Å². The van der Waals surface area contributed by atoms with Crippen molar-refractivity contribution in [3.8, 4) is 5.75 Å². The summed E-state index contributed by atoms with van der Waals surface area (Å²) in [5.41, 5.74) is 6.44. The monoisotopic (exact) mass is 278 g/mol. The Kier molecular flexibility index (Phi) is 4.62. The maximum Gasteiger partial charge on any atom is 0.229 e. The first-order valence-electron chi connectivity index (χ1n) is 6.81. The Morgan fingerprint density at radius 2 is 2.40 bits per heavy atom. The lowest BCUT2D eigenvalue weighted by Gasteiger charge is -2.25. The average Bonchev–Trinajstić information content (AvgIpc) is 2.80. The molecule has 0 spiro atoms. The Labute approximate surface area is 119 Å². The van der Waals surface area contributed by atoms with Crippen molar-refractivity contribution >= 4 is 5.91 Å². The molecule has 20 heavy (non-hydrogen) atoms. The highest BCUT2D eigenvalue weighted by atomic mass is 16.5. The number of benzene rings is 1. The second-order valence-corrected chi connectivity index (χ2v) is 5.40. The fourth-order valence-electron chi connectivity index (χ4n) is 2.27. The van der Waals surface area contributed by atoms with Crippen LogP contribution in [0, 0.1) is 5.41 Å². The molecular formula is C15H22N2O3. The molecule has 3 N–H and O–H groups in total. The van der Waals surface area contributed by atoms with E-state index in [1.54, 1.807) is 7.11 Å². The van der Waals surface area contributed by atoms with Gasteiger partial charge in [0.05, 0.1) is 25.7 Å². The highest BCUT2D eigenvalue weighted by Gasteiger charge is 2.44. The van der Waals surface area contributed by atoms with Gasteiger partial charge in [0.15, 0.2) is 0 Å². The van der Waals surface area contributed by atoms with E-state index >= 15 is 0 Å². The van der Waals surface area contributed by atoms with Gasteiger partial charge in [-0.1, -0.05) is 12.1 Å². The van der Waals surface area contributed by atoms with Gasteiger partial charge in [0, 0.05) is 12.6 Å². The Bertz CT molecular complexity index is 478. The molecule has 1 fully saturated rings. The van der Waals surface area contributed by atoms with Crippen LogP contribution in [0.3, 0.4) is 0 Å². The van der Waals surface area contributed by atoms with Gasteiger partial charge in [-0.25, -0.2) is 0 Å². The van der Waals surface area contributed by atoms with Crippen molar-refractivity contribution in [3.05, 3.63) is 29.8 Å². The number of methoxy groups -OCH3 is 1. The van der Waals surface area contributed by atoms with Gasteiger partial charge in [-0.2, -0.15) is 0 Å². The summed E-state index contributed by atoms with van der Waals surface area (Å²) in [4.78, 5) is 12.2. The second kappa shape index (κ2) is 6.24. The number of carbonyl (C=O) groups excluding carboxylic acids is 1. The number of hydrogen-bond acceptors (Lipinski definition) is 4. The molecule has 1 amide bonds. The van der Waals surface area contributed by atoms with Crippen LogP contribution in [0.1, 0.15) is 12.5 Å². The molecule has 0 bridgehead atoms. The van der Waals surface area contributed by atoms with E-state index in [0.29, 0.717) is 19.8 Å². The topological polar surface area (TPSA) is 73.6 Å². The summed E-state index contributed by atoms with van der Waals surface area (Å²) in [6.07, 6.45) is 0.759. The SMILES string of the molecule is COc1cccc(CCNC(=O)C2(C)COCC2N)c1. The largest absolute Gasteiger partial charge is 0.497 e. The van der Waals surface area contributed by atoms with Crippen molar-refractivity contribution in [2.24, 2.45) is 11.1 Å². The number of hydrogen-bond donors (Lipinski definition) is 2. The fraction of sp³-hybridized carbons (Fsp3) is 0.533. The fourth-order valence-corrected chi connectivity index (χ4v) is 2.27. The maximum absolute atomic E-state index is 12.2. The third-order valence-corrected chi connectivity index (χ3v) is 3.87. The van der Waals surface area contributed by atoms with Crippen LogP contribution in [-0.2, 0) is 16.0 Å². The minimum atomic E-state index is -0.617. The molecule has 0 radical (unpaired) electrons. The van der Waals surface area contributed by atoms with Crippen LogP contribution in [0.15, 0.2) is 24.3 Å². The van der Waals surface area contributed by atoms with Crippen molar-refractivity contribution in [1.82, 2.24) is 5.32 Å². The number of rotatable bonds is 5. The van der Waals surface area contributed by atoms with Gasteiger partial charge in [-0.15, -0.1) is 0 Å². The summed E-state index contributed by atoms with van der Waals surface area (Å²) in [7, 11) is 1.64. The van der Waals surface area contributed by atoms with Crippen molar-refractivity contribution < 1.29 is 14.3 Å². The molecule has 0 aliphatic carbocycles. The molecule has 5 heteroatoms. The third-order valence-electron chi connectivity index (χ3n) is 3.87. The summed E-state index contributed by atoms with van der Waals surface area (Å²) in [6.45, 7) is 3.26. The quantitative estimate of drug-likeness (QED) is 0.832. The summed E-state index contributed by atoms with van der Waals surface area (Å²) in [5.74, 6) is 0.789. The Morgan fingerprint density at radius 1 is 1.60 bits per heavy atom. The first-order chi connectivity index (χ1) is 9.56. The van der Waals surface area contributed by atoms with E-state index in [1.807, 2.05) is 31.2 Å². The van der Waals surface area contributed by atoms with Crippen LogP contribution in [0.4, 0.5) is 0 Å². The zero-order valence-corrected chi connectivity index (χ0v) is 12.0. The van der Waals surface area contributed by atoms with E-state index in [1.165, 1.54) is 0 Å². The lowest BCUT2D eigenvalue weighted by Crippen LogP contribution is -2.50. The standard InChI is InChI=1S/C15H22N2O3/c1-15(10-20-9-13(15)16)14(18)17-7-6-11-4-3-5-12(8-11)19-2/h3-5,8,13H,6-7,9-10,16H2,1-2H3,(H,17,18). The minimum Gasteiger partial charge on any atom is -0.497 e. The van der Waals surface area contributed by atoms with Crippen molar-refractivity contribution in [2.75, 3.05) is 26.9 Å². The number of ether oxygens (including phenoxy) is 2. The van der Waals surface area contributed by atoms with E-state index in [0.717, 1.165) is 17.7 Å². The molecule has 0 saturated carbocycles. The number of nitrogens with one attached hydrogen (secondary N) is 1. The van der Waals surface area contributed by atoms with Gasteiger partial charge in [0.1, 0.15) is 5.75 Å². The summed E-state index contributed by atoms with van der Waals surface area (Å²) >= 11 is 0. The van der Waals surface area contributed by atoms with Gasteiger partial charge >= 0.3 is 0 Å². The Hall–Kier alpha value is -1.59. The van der Waals surface area contributed by atoms with E-state index in [-0.39, 0.29) is 11.9 Å². The first kappa shape index (κ1) is 14.8. The van der Waals surface area contributed by atoms with Crippen molar-refractivity contribution in [1.29, 1.82) is 0 Å². The highest BCUT2D eigenvalue weighted by Crippen LogP contribution is 2.27. The van der Waals surface area contributed by atoms with Gasteiger partial charge in [0.25, 0.3) is 0 Å². The normalized spacial score (nSPS) is 25.4. The average molecular weight is 278 g/mol. The molecule has 1 aromatic carbocycles. The molecule has 1 aliphatic rings. The smallest absolute Gasteiger partial charge is 0.229 e. The first-order valence-corrected chi connectivity index (χ1v) is 6.81. The lowest BCUT2D eigenvalue weighted by molar-refractivity contribution is -0.130. The second-order valence-electron chi connectivity index (χ2n) is 5.40. The molecule has 2 atom stereocenters. The van der Waals surface area contributed by atoms with Crippen molar-refractivity contribution in [2.45, 2.75) is 19.4 Å². The molecule has 1 heterocycles. The van der Waals surface area contributed by atoms with E-state index < -0.39 is 5.41 Å². The van der Waals surface area contributed by atoms with Crippen molar-refractivity contribution in [3.63, 3.8) is 0 Å². The van der Waals surface area contributed by atoms with Gasteiger partial charge in [-0.3, -0.25) is 4.79 Å². The maximum atomic E-state index is 12.2. The third kappa shape index (κ3) is 3.11. The van der Waals surface area contributed by atoms with Crippen LogP contribution in [0.25, 0.3) is 0 Å². The predicted molar refractivity (Wildman–Crippen MR) is 76.6 cm³/mol. The summed E-state index contributed by atoms with van der Waals surface area (Å²) in [5, 5.41) is 2.94. The Balaban J connectivity index is 1.85. The molecule has 2 rings (SSSR count). The number of amides is 1. The lowest BCUT2D eigenvalue weighted by atomic mass is 9.85. The summed E-state index contributed by atoms with van der Waals surface area (Å²) in [6, 6.07) is 7.59. The molecule has 0 aromatic heterocycles. The number of nitrogens with two attached hydrogens (primary N) is 1. The highest BCUT2D eigenvalue weighted by molar-refractivity contribution is 5.83. The van der Waals surface area contributed by atoms with Crippen LogP contribution in [0.2, 0.25) is 0 Å². The Morgan fingerprint density at radius 3 is 3.05 bits per heavy atom. The molecule has 110 valence electrons. The van der Waals surface area contributed by atoms with E-state index in [2.05, 4.69) is 5.32 Å². The summed E-state index contributed by atoms with van der Waals surface area (Å²) < 4.78 is 10.5. The molecule has 2 unspecified atom stereocenters. The molecule has 1 saturated heterocycles. The molecule has 1 aromatic rings. The van der Waals surface area contributed by atoms with Gasteiger partial charge in [0.2, 0.25) is 5.91 Å². The predicted octanol–water partition coefficient (Wildman–Crippen LogP) is 0.718. The van der Waals surface area contributed by atoms with E-state index in [9.17, 15) is 4.79 Å².